The quantitative estimate of drug-likeness (QED) is 0.860. The molecule has 3 rings (SSSR count). The van der Waals surface area contributed by atoms with Crippen LogP contribution in [0.25, 0.3) is 0 Å². The number of aromatic nitrogens is 1. The van der Waals surface area contributed by atoms with Crippen molar-refractivity contribution >= 4 is 22.3 Å². The molecule has 4 nitrogen and oxygen atoms in total. The van der Waals surface area contributed by atoms with Gasteiger partial charge in [0, 0.05) is 35.6 Å². The fourth-order valence-corrected chi connectivity index (χ4v) is 3.61. The van der Waals surface area contributed by atoms with E-state index >= 15 is 0 Å². The minimum absolute atomic E-state index is 0.0701. The smallest absolute Gasteiger partial charge is 0.180 e. The van der Waals surface area contributed by atoms with Crippen LogP contribution in [0.15, 0.2) is 30.5 Å². The first-order chi connectivity index (χ1) is 10.6. The number of ketones is 1. The number of benzene rings is 1. The van der Waals surface area contributed by atoms with Gasteiger partial charge in [0.15, 0.2) is 10.9 Å². The Morgan fingerprint density at radius 2 is 2.18 bits per heavy atom. The summed E-state index contributed by atoms with van der Waals surface area (Å²) in [6, 6.07) is 6.02. The zero-order valence-electron chi connectivity index (χ0n) is 12.2. The molecule has 0 spiro atoms. The number of thiazole rings is 1. The van der Waals surface area contributed by atoms with Gasteiger partial charge in [-0.25, -0.2) is 9.37 Å². The van der Waals surface area contributed by atoms with E-state index in [4.69, 9.17) is 5.73 Å². The summed E-state index contributed by atoms with van der Waals surface area (Å²) in [6.07, 6.45) is 4.38. The van der Waals surface area contributed by atoms with Crippen LogP contribution >= 0.6 is 11.3 Å². The van der Waals surface area contributed by atoms with Crippen LogP contribution in [0.5, 0.6) is 0 Å². The molecule has 2 N–H and O–H groups in total. The maximum Gasteiger partial charge on any atom is 0.180 e. The molecule has 0 radical (unpaired) electrons. The number of halogens is 1. The van der Waals surface area contributed by atoms with Crippen molar-refractivity contribution in [3.63, 3.8) is 0 Å². The molecule has 1 aliphatic heterocycles. The van der Waals surface area contributed by atoms with Gasteiger partial charge in [-0.15, -0.1) is 11.3 Å². The number of anilines is 1. The molecule has 2 aromatic rings. The first kappa shape index (κ1) is 15.1. The highest BCUT2D eigenvalue weighted by atomic mass is 32.1. The SMILES string of the molecule is Nc1ncc(CN2CCCC2CC(=O)c2ccc(F)cc2)s1. The lowest BCUT2D eigenvalue weighted by molar-refractivity contribution is 0.0939. The molecular formula is C16H18FN3OS. The number of carbonyl (C=O) groups is 1. The monoisotopic (exact) mass is 319 g/mol. The second kappa shape index (κ2) is 6.54. The van der Waals surface area contributed by atoms with E-state index in [0.717, 1.165) is 30.8 Å². The van der Waals surface area contributed by atoms with Crippen LogP contribution in [0.3, 0.4) is 0 Å². The number of hydrogen-bond acceptors (Lipinski definition) is 5. The molecule has 1 aromatic carbocycles. The standard InChI is InChI=1S/C16H18FN3OS/c17-12-5-3-11(4-6-12)15(21)8-13-2-1-7-20(13)10-14-9-19-16(18)22-14/h3-6,9,13H,1-2,7-8,10H2,(H2,18,19). The van der Waals surface area contributed by atoms with Crippen molar-refractivity contribution < 1.29 is 9.18 Å². The van der Waals surface area contributed by atoms with Crippen molar-refractivity contribution in [1.82, 2.24) is 9.88 Å². The van der Waals surface area contributed by atoms with Crippen molar-refractivity contribution in [3.8, 4) is 0 Å². The van der Waals surface area contributed by atoms with Crippen LogP contribution in [0.2, 0.25) is 0 Å². The first-order valence-electron chi connectivity index (χ1n) is 7.35. The molecule has 1 fully saturated rings. The van der Waals surface area contributed by atoms with Crippen LogP contribution in [0, 0.1) is 5.82 Å². The Kier molecular flexibility index (Phi) is 4.49. The number of rotatable bonds is 5. The van der Waals surface area contributed by atoms with Crippen molar-refractivity contribution in [2.45, 2.75) is 31.8 Å². The molecule has 1 atom stereocenters. The number of Topliss-reactive ketones (excluding diaryl/α,β-unsaturated/α-hetero) is 1. The van der Waals surface area contributed by atoms with Gasteiger partial charge in [-0.2, -0.15) is 0 Å². The fraction of sp³-hybridized carbons (Fsp3) is 0.375. The topological polar surface area (TPSA) is 59.2 Å². The Bertz CT molecular complexity index is 656. The number of carbonyl (C=O) groups excluding carboxylic acids is 1. The average Bonchev–Trinajstić information content (AvgIpc) is 3.10. The van der Waals surface area contributed by atoms with Crippen molar-refractivity contribution in [1.29, 1.82) is 0 Å². The highest BCUT2D eigenvalue weighted by molar-refractivity contribution is 7.15. The lowest BCUT2D eigenvalue weighted by Crippen LogP contribution is -2.30. The summed E-state index contributed by atoms with van der Waals surface area (Å²) >= 11 is 1.49. The molecule has 1 saturated heterocycles. The van der Waals surface area contributed by atoms with Gasteiger partial charge < -0.3 is 5.73 Å². The average molecular weight is 319 g/mol. The Hall–Kier alpha value is -1.79. The van der Waals surface area contributed by atoms with Crippen molar-refractivity contribution in [2.24, 2.45) is 0 Å². The zero-order valence-corrected chi connectivity index (χ0v) is 13.0. The normalized spacial score (nSPS) is 18.7. The van der Waals surface area contributed by atoms with Gasteiger partial charge in [-0.3, -0.25) is 9.69 Å². The molecule has 22 heavy (non-hydrogen) atoms. The molecule has 6 heteroatoms. The Morgan fingerprint density at radius 1 is 1.41 bits per heavy atom. The summed E-state index contributed by atoms with van der Waals surface area (Å²) in [5.41, 5.74) is 6.24. The van der Waals surface area contributed by atoms with Crippen LogP contribution < -0.4 is 5.73 Å². The van der Waals surface area contributed by atoms with Gasteiger partial charge in [0.1, 0.15) is 5.82 Å². The van der Waals surface area contributed by atoms with Crippen LogP contribution in [0.1, 0.15) is 34.5 Å². The third kappa shape index (κ3) is 3.51. The van der Waals surface area contributed by atoms with E-state index < -0.39 is 0 Å². The van der Waals surface area contributed by atoms with Crippen LogP contribution in [-0.2, 0) is 6.54 Å². The lowest BCUT2D eigenvalue weighted by Gasteiger charge is -2.23. The molecule has 0 saturated carbocycles. The highest BCUT2D eigenvalue weighted by Crippen LogP contribution is 2.26. The second-order valence-electron chi connectivity index (χ2n) is 5.57. The first-order valence-corrected chi connectivity index (χ1v) is 8.16. The Balaban J connectivity index is 1.63. The summed E-state index contributed by atoms with van der Waals surface area (Å²) in [4.78, 5) is 19.8. The van der Waals surface area contributed by atoms with Gasteiger partial charge >= 0.3 is 0 Å². The number of nitrogens with two attached hydrogens (primary N) is 1. The van der Waals surface area contributed by atoms with E-state index in [2.05, 4.69) is 9.88 Å². The summed E-state index contributed by atoms with van der Waals surface area (Å²) in [5, 5.41) is 0.577. The van der Waals surface area contributed by atoms with Crippen LogP contribution in [-0.4, -0.2) is 28.3 Å². The number of hydrogen-bond donors (Lipinski definition) is 1. The van der Waals surface area contributed by atoms with Gasteiger partial charge in [-0.1, -0.05) is 0 Å². The van der Waals surface area contributed by atoms with Crippen molar-refractivity contribution in [2.75, 3.05) is 12.3 Å². The number of likely N-dealkylation sites (tertiary alicyclic amines) is 1. The minimum atomic E-state index is -0.318. The number of nitrogens with zero attached hydrogens (tertiary/aromatic N) is 2. The molecule has 0 bridgehead atoms. The van der Waals surface area contributed by atoms with Gasteiger partial charge in [0.05, 0.1) is 0 Å². The van der Waals surface area contributed by atoms with E-state index in [1.165, 1.54) is 23.5 Å². The Morgan fingerprint density at radius 3 is 2.86 bits per heavy atom. The van der Waals surface area contributed by atoms with Gasteiger partial charge in [0.2, 0.25) is 0 Å². The maximum absolute atomic E-state index is 12.9. The third-order valence-electron chi connectivity index (χ3n) is 4.02. The van der Waals surface area contributed by atoms with E-state index in [1.807, 2.05) is 0 Å². The molecule has 1 aliphatic rings. The summed E-state index contributed by atoms with van der Waals surface area (Å²) < 4.78 is 12.9. The second-order valence-corrected chi connectivity index (χ2v) is 6.71. The van der Waals surface area contributed by atoms with E-state index in [-0.39, 0.29) is 17.6 Å². The minimum Gasteiger partial charge on any atom is -0.375 e. The molecule has 1 unspecified atom stereocenters. The van der Waals surface area contributed by atoms with Gasteiger partial charge in [-0.05, 0) is 43.7 Å². The molecule has 0 aliphatic carbocycles. The zero-order chi connectivity index (χ0) is 15.5. The lowest BCUT2D eigenvalue weighted by atomic mass is 10.0. The fourth-order valence-electron chi connectivity index (χ4n) is 2.90. The highest BCUT2D eigenvalue weighted by Gasteiger charge is 2.27. The molecular weight excluding hydrogens is 301 g/mol. The summed E-state index contributed by atoms with van der Waals surface area (Å²) in [6.45, 7) is 1.77. The Labute approximate surface area is 132 Å². The molecule has 0 amide bonds. The van der Waals surface area contributed by atoms with E-state index in [9.17, 15) is 9.18 Å². The number of nitrogen functional groups attached to an aromatic ring is 1. The summed E-state index contributed by atoms with van der Waals surface area (Å²) in [5.74, 6) is -0.248. The predicted molar refractivity (Wildman–Crippen MR) is 85.3 cm³/mol. The van der Waals surface area contributed by atoms with E-state index in [0.29, 0.717) is 17.1 Å². The predicted octanol–water partition coefficient (Wildman–Crippen LogP) is 3.10. The van der Waals surface area contributed by atoms with Crippen LogP contribution in [0.4, 0.5) is 9.52 Å². The molecule has 1 aromatic heterocycles. The summed E-state index contributed by atoms with van der Waals surface area (Å²) in [7, 11) is 0. The molecule has 2 heterocycles. The largest absolute Gasteiger partial charge is 0.375 e. The third-order valence-corrected chi connectivity index (χ3v) is 4.83. The maximum atomic E-state index is 12.9. The van der Waals surface area contributed by atoms with E-state index in [1.54, 1.807) is 18.3 Å². The van der Waals surface area contributed by atoms with Gasteiger partial charge in [0.25, 0.3) is 0 Å². The molecule has 116 valence electrons. The van der Waals surface area contributed by atoms with Crippen molar-refractivity contribution in [3.05, 3.63) is 46.7 Å².